The lowest BCUT2D eigenvalue weighted by atomic mass is 10.0. The van der Waals surface area contributed by atoms with Gasteiger partial charge in [0, 0.05) is 33.3 Å². The Morgan fingerprint density at radius 3 is 1.52 bits per heavy atom. The fraction of sp³-hybridized carbons (Fsp3) is 0. The first-order valence-corrected chi connectivity index (χ1v) is 23.6. The fourth-order valence-electron chi connectivity index (χ4n) is 10.6. The van der Waals surface area contributed by atoms with E-state index >= 15 is 0 Å². The van der Waals surface area contributed by atoms with Gasteiger partial charge in [-0.3, -0.25) is 4.90 Å². The Morgan fingerprint density at radius 1 is 0.333 bits per heavy atom. The molecular formula is C58H38N4Si. The van der Waals surface area contributed by atoms with Gasteiger partial charge in [0.1, 0.15) is 0 Å². The Labute approximate surface area is 366 Å². The van der Waals surface area contributed by atoms with Crippen molar-refractivity contribution in [3.05, 3.63) is 231 Å². The molecule has 4 nitrogen and oxygen atoms in total. The molecule has 63 heavy (non-hydrogen) atoms. The van der Waals surface area contributed by atoms with Crippen molar-refractivity contribution < 1.29 is 0 Å². The number of nitrogens with zero attached hydrogens (tertiary/aromatic N) is 4. The van der Waals surface area contributed by atoms with E-state index in [0.29, 0.717) is 5.95 Å². The summed E-state index contributed by atoms with van der Waals surface area (Å²) in [5.41, 5.74) is 14.6. The lowest BCUT2D eigenvalue weighted by Gasteiger charge is -2.43. The summed E-state index contributed by atoms with van der Waals surface area (Å²) in [6.07, 6.45) is 0. The molecule has 0 amide bonds. The maximum absolute atomic E-state index is 5.49. The van der Waals surface area contributed by atoms with E-state index in [2.05, 4.69) is 240 Å². The monoisotopic (exact) mass is 818 g/mol. The minimum Gasteiger partial charge on any atom is -0.309 e. The number of anilines is 3. The highest BCUT2D eigenvalue weighted by Gasteiger charge is 2.54. The molecule has 294 valence electrons. The zero-order chi connectivity index (χ0) is 41.5. The van der Waals surface area contributed by atoms with Crippen molar-refractivity contribution in [2.45, 2.75) is 0 Å². The van der Waals surface area contributed by atoms with Crippen molar-refractivity contribution in [2.75, 3.05) is 4.90 Å². The second-order valence-electron chi connectivity index (χ2n) is 16.5. The molecule has 1 spiro atoms. The maximum Gasteiger partial charge on any atom is 0.235 e. The van der Waals surface area contributed by atoms with Gasteiger partial charge in [-0.2, -0.15) is 0 Å². The van der Waals surface area contributed by atoms with Crippen LogP contribution in [-0.4, -0.2) is 22.6 Å². The molecule has 0 radical (unpaired) electrons. The van der Waals surface area contributed by atoms with Crippen molar-refractivity contribution in [3.63, 3.8) is 0 Å². The molecule has 13 rings (SSSR count). The van der Waals surface area contributed by atoms with Gasteiger partial charge in [0.25, 0.3) is 0 Å². The SMILES string of the molecule is c1ccc(-c2cc(-c3ccccc3)nc(N3c4ccccc4[Si]4(c5ccccc5-c5ccccc54)c4ccc(-c5ccc6c(c5)c5ccccc5n6-c5ccccc5)cc43)n2)cc1. The van der Waals surface area contributed by atoms with E-state index in [-0.39, 0.29) is 0 Å². The molecule has 0 saturated heterocycles. The van der Waals surface area contributed by atoms with Crippen molar-refractivity contribution >= 4 is 67.9 Å². The van der Waals surface area contributed by atoms with Gasteiger partial charge in [0.2, 0.25) is 5.95 Å². The van der Waals surface area contributed by atoms with Gasteiger partial charge in [-0.25, -0.2) is 9.97 Å². The van der Waals surface area contributed by atoms with Gasteiger partial charge >= 0.3 is 0 Å². The molecule has 5 heteroatoms. The van der Waals surface area contributed by atoms with Crippen molar-refractivity contribution in [2.24, 2.45) is 0 Å². The fourth-order valence-corrected chi connectivity index (χ4v) is 16.1. The summed E-state index contributed by atoms with van der Waals surface area (Å²) in [7, 11) is -2.87. The Bertz CT molecular complexity index is 3480. The number of benzene rings is 9. The normalized spacial score (nSPS) is 13.2. The summed E-state index contributed by atoms with van der Waals surface area (Å²) < 4.78 is 2.38. The number of aromatic nitrogens is 3. The molecule has 2 aromatic heterocycles. The second-order valence-corrected chi connectivity index (χ2v) is 20.2. The number of fused-ring (bicyclic) bond motifs is 12. The summed E-state index contributed by atoms with van der Waals surface area (Å²) in [6.45, 7) is 0. The molecule has 4 heterocycles. The van der Waals surface area contributed by atoms with Crippen LogP contribution in [0.2, 0.25) is 0 Å². The van der Waals surface area contributed by atoms with Crippen LogP contribution in [0.25, 0.3) is 72.3 Å². The predicted molar refractivity (Wildman–Crippen MR) is 264 cm³/mol. The molecule has 9 aromatic carbocycles. The highest BCUT2D eigenvalue weighted by molar-refractivity contribution is 7.23. The first kappa shape index (κ1) is 35.6. The van der Waals surface area contributed by atoms with Crippen LogP contribution in [-0.2, 0) is 0 Å². The van der Waals surface area contributed by atoms with E-state index in [4.69, 9.17) is 9.97 Å². The summed E-state index contributed by atoms with van der Waals surface area (Å²) in [5, 5.41) is 7.98. The van der Waals surface area contributed by atoms with Crippen LogP contribution in [0.3, 0.4) is 0 Å². The molecule has 0 unspecified atom stereocenters. The molecule has 0 atom stereocenters. The summed E-state index contributed by atoms with van der Waals surface area (Å²) >= 11 is 0. The van der Waals surface area contributed by atoms with E-state index in [0.717, 1.165) is 50.7 Å². The Morgan fingerprint density at radius 2 is 0.841 bits per heavy atom. The average Bonchev–Trinajstić information content (AvgIpc) is 3.85. The van der Waals surface area contributed by atoms with Gasteiger partial charge in [-0.05, 0) is 91.5 Å². The molecule has 0 fully saturated rings. The third-order valence-corrected chi connectivity index (χ3v) is 18.2. The van der Waals surface area contributed by atoms with Gasteiger partial charge in [-0.1, -0.05) is 182 Å². The first-order valence-electron chi connectivity index (χ1n) is 21.6. The van der Waals surface area contributed by atoms with Crippen LogP contribution in [0.1, 0.15) is 0 Å². The van der Waals surface area contributed by atoms with Crippen molar-refractivity contribution in [1.29, 1.82) is 0 Å². The van der Waals surface area contributed by atoms with Crippen LogP contribution >= 0.6 is 0 Å². The second kappa shape index (κ2) is 14.0. The van der Waals surface area contributed by atoms with Crippen molar-refractivity contribution in [3.8, 4) is 50.5 Å². The predicted octanol–water partition coefficient (Wildman–Crippen LogP) is 11.7. The van der Waals surface area contributed by atoms with Gasteiger partial charge in [0.05, 0.1) is 28.1 Å². The molecular weight excluding hydrogens is 781 g/mol. The minimum absolute atomic E-state index is 0.644. The maximum atomic E-state index is 5.49. The highest BCUT2D eigenvalue weighted by Crippen LogP contribution is 2.43. The zero-order valence-corrected chi connectivity index (χ0v) is 35.2. The minimum atomic E-state index is -2.87. The Kier molecular flexibility index (Phi) is 7.89. The summed E-state index contributed by atoms with van der Waals surface area (Å²) in [6, 6.07) is 84.0. The summed E-state index contributed by atoms with van der Waals surface area (Å²) in [4.78, 5) is 13.3. The molecule has 0 bridgehead atoms. The van der Waals surface area contributed by atoms with E-state index in [1.165, 1.54) is 53.7 Å². The molecule has 0 saturated carbocycles. The topological polar surface area (TPSA) is 34.0 Å². The van der Waals surface area contributed by atoms with E-state index < -0.39 is 8.07 Å². The number of hydrogen-bond donors (Lipinski definition) is 0. The van der Waals surface area contributed by atoms with E-state index in [9.17, 15) is 0 Å². The average molecular weight is 819 g/mol. The van der Waals surface area contributed by atoms with E-state index in [1.54, 1.807) is 0 Å². The summed E-state index contributed by atoms with van der Waals surface area (Å²) in [5.74, 6) is 0.644. The molecule has 0 N–H and O–H groups in total. The zero-order valence-electron chi connectivity index (χ0n) is 34.2. The molecule has 2 aliphatic heterocycles. The van der Waals surface area contributed by atoms with Crippen LogP contribution in [0.15, 0.2) is 231 Å². The highest BCUT2D eigenvalue weighted by atomic mass is 28.3. The van der Waals surface area contributed by atoms with Crippen LogP contribution in [0.5, 0.6) is 0 Å². The van der Waals surface area contributed by atoms with Crippen LogP contribution < -0.4 is 25.6 Å². The van der Waals surface area contributed by atoms with Crippen molar-refractivity contribution in [1.82, 2.24) is 14.5 Å². The Balaban J connectivity index is 1.10. The van der Waals surface area contributed by atoms with Gasteiger partial charge in [0.15, 0.2) is 8.07 Å². The third kappa shape index (κ3) is 5.27. The van der Waals surface area contributed by atoms with Crippen LogP contribution in [0, 0.1) is 0 Å². The first-order chi connectivity index (χ1) is 31.3. The largest absolute Gasteiger partial charge is 0.309 e. The molecule has 2 aliphatic rings. The molecule has 0 aliphatic carbocycles. The standard InChI is InChI=1S/C58H38N4Si/c1-4-18-39(19-5-1)48-38-49(40-20-6-2-7-21-40)60-58(59-48)62-52-28-14-17-31-56(52)63(54-29-15-11-25-45(54)46-26-12-16-30-55(46)63)57-35-33-42(37-53(57)62)41-32-34-51-47(36-41)44-24-10-13-27-50(44)61(51)43-22-8-3-9-23-43/h1-38H. The quantitative estimate of drug-likeness (QED) is 0.162. The number of rotatable bonds is 5. The Hall–Kier alpha value is -8.12. The van der Waals surface area contributed by atoms with Crippen LogP contribution in [0.4, 0.5) is 17.3 Å². The smallest absolute Gasteiger partial charge is 0.235 e. The molecule has 11 aromatic rings. The lowest BCUT2D eigenvalue weighted by Crippen LogP contribution is -2.75. The van der Waals surface area contributed by atoms with Gasteiger partial charge in [-0.15, -0.1) is 0 Å². The lowest BCUT2D eigenvalue weighted by molar-refractivity contribution is 1.09. The third-order valence-electron chi connectivity index (χ3n) is 13.2. The van der Waals surface area contributed by atoms with Gasteiger partial charge < -0.3 is 4.57 Å². The number of hydrogen-bond acceptors (Lipinski definition) is 3. The number of para-hydroxylation sites is 3. The van der Waals surface area contributed by atoms with E-state index in [1.807, 2.05) is 0 Å².